The Bertz CT molecular complexity index is 1390. The molecular weight excluding hydrogens is 595 g/mol. The number of phosphoric acid groups is 3. The van der Waals surface area contributed by atoms with Gasteiger partial charge in [-0.2, -0.15) is 15.6 Å². The monoisotopic (exact) mass is 624 g/mol. The van der Waals surface area contributed by atoms with Crippen molar-refractivity contribution < 1.29 is 56.3 Å². The summed E-state index contributed by atoms with van der Waals surface area (Å²) in [6.07, 6.45) is -1.62. The molecule has 26 heteroatoms. The summed E-state index contributed by atoms with van der Waals surface area (Å²) in [5.41, 5.74) is 1.04. The van der Waals surface area contributed by atoms with Crippen molar-refractivity contribution in [2.24, 2.45) is 5.41 Å². The van der Waals surface area contributed by atoms with E-state index in [4.69, 9.17) is 15.4 Å². The van der Waals surface area contributed by atoms with Crippen LogP contribution in [0.4, 0.5) is 5.82 Å². The van der Waals surface area contributed by atoms with Crippen LogP contribution in [0.3, 0.4) is 0 Å². The van der Waals surface area contributed by atoms with Crippen LogP contribution in [-0.2, 0) is 37.2 Å². The molecule has 1 aliphatic heterocycles. The number of hydrogen-bond acceptors (Lipinski definition) is 17. The molecule has 3 unspecified atom stereocenters. The summed E-state index contributed by atoms with van der Waals surface area (Å²) in [5.74, 6) is -0.101. The first-order valence-corrected chi connectivity index (χ1v) is 13.3. The average molecular weight is 624 g/mol. The van der Waals surface area contributed by atoms with E-state index in [9.17, 15) is 44.0 Å². The van der Waals surface area contributed by atoms with Crippen LogP contribution in [0.25, 0.3) is 5.65 Å². The zero-order valence-electron chi connectivity index (χ0n) is 21.1. The maximum atomic E-state index is 11.8. The van der Waals surface area contributed by atoms with Crippen molar-refractivity contribution in [1.82, 2.24) is 44.2 Å². The number of nitriles is 2. The summed E-state index contributed by atoms with van der Waals surface area (Å²) in [5, 5.41) is 34.4. The molecule has 3 heterocycles. The molecule has 0 amide bonds. The Hall–Kier alpha value is -2.50. The number of aliphatic hydroxyl groups is 1. The molecule has 0 bridgehead atoms. The first kappa shape index (κ1) is 38.6. The second-order valence-electron chi connectivity index (χ2n) is 7.05. The standard InChI is InChI=1S/C13H16N7O12P3.4H3N/c1-12(4-14)9(21)7(3-29-34(25,26)32-35(27,28)31-33(22,23)24)30-13(12,5-15)8-2-17-11-10(16)18-6-19-20(8)11;;;;/h2,6-7,9,21H,3H2,1H3,(H,25,26)(H,27,28)(H2,16,18,19)(H2,22,23,24);4*1H3/p+1/t7-,9-,12-,13+;;;;/m1..../s1. The third kappa shape index (κ3) is 7.18. The van der Waals surface area contributed by atoms with Crippen molar-refractivity contribution in [3.63, 3.8) is 0 Å². The van der Waals surface area contributed by atoms with Crippen LogP contribution >= 0.6 is 23.5 Å². The Labute approximate surface area is 219 Å². The summed E-state index contributed by atoms with van der Waals surface area (Å²) in [7, 11) is -18.0. The molecule has 20 N–H and O–H groups in total. The van der Waals surface area contributed by atoms with Crippen molar-refractivity contribution in [3.8, 4) is 12.1 Å². The van der Waals surface area contributed by atoms with E-state index in [1.807, 2.05) is 0 Å². The van der Waals surface area contributed by atoms with Crippen LogP contribution in [0.5, 0.6) is 0 Å². The lowest BCUT2D eigenvalue weighted by Gasteiger charge is -2.33. The number of rotatable bonds is 8. The third-order valence-electron chi connectivity index (χ3n) is 4.88. The van der Waals surface area contributed by atoms with Crippen LogP contribution in [0.1, 0.15) is 12.6 Å². The topological polar surface area (TPSA) is 460 Å². The van der Waals surface area contributed by atoms with Crippen molar-refractivity contribution in [2.75, 3.05) is 12.3 Å². The molecule has 0 spiro atoms. The number of quaternary nitrogens is 4. The molecule has 1 aliphatic rings. The van der Waals surface area contributed by atoms with Gasteiger partial charge in [0.05, 0.1) is 18.9 Å². The highest BCUT2D eigenvalue weighted by Crippen LogP contribution is 2.62. The molecule has 1 fully saturated rings. The Morgan fingerprint density at radius 3 is 2.23 bits per heavy atom. The fourth-order valence-corrected chi connectivity index (χ4v) is 6.21. The van der Waals surface area contributed by atoms with E-state index in [0.717, 1.165) is 24.0 Å². The van der Waals surface area contributed by atoms with Crippen molar-refractivity contribution in [2.45, 2.75) is 24.7 Å². The molecular formula is C13H29N11O12P3+. The molecule has 0 saturated carbocycles. The highest BCUT2D eigenvalue weighted by Gasteiger charge is 2.67. The van der Waals surface area contributed by atoms with E-state index in [1.165, 1.54) is 0 Å². The van der Waals surface area contributed by atoms with Gasteiger partial charge in [0.15, 0.2) is 11.5 Å². The van der Waals surface area contributed by atoms with E-state index in [2.05, 4.69) is 28.2 Å². The maximum absolute atomic E-state index is 11.8. The Balaban J connectivity index is 0. The van der Waals surface area contributed by atoms with Gasteiger partial charge in [-0.25, -0.2) is 23.1 Å². The minimum Gasteiger partial charge on any atom is -0.756 e. The van der Waals surface area contributed by atoms with Crippen LogP contribution in [0, 0.1) is 28.1 Å². The minimum absolute atomic E-state index is 0. The molecule has 39 heavy (non-hydrogen) atoms. The Kier molecular flexibility index (Phi) is 12.7. The first-order chi connectivity index (χ1) is 16.0. The lowest BCUT2D eigenvalue weighted by molar-refractivity contribution is -0.250. The second kappa shape index (κ2) is 12.8. The summed E-state index contributed by atoms with van der Waals surface area (Å²) in [6.45, 7) is -0.102. The van der Waals surface area contributed by atoms with Gasteiger partial charge in [-0.15, -0.1) is 0 Å². The van der Waals surface area contributed by atoms with Crippen LogP contribution < -0.4 is 45.0 Å². The number of aromatic nitrogens is 4. The lowest BCUT2D eigenvalue weighted by Crippen LogP contribution is -2.45. The maximum Gasteiger partial charge on any atom is 0.280 e. The number of nitrogens with two attached hydrogens (primary N) is 1. The smallest absolute Gasteiger partial charge is 0.280 e. The predicted molar refractivity (Wildman–Crippen MR) is 124 cm³/mol. The number of imidazole rings is 1. The quantitative estimate of drug-likeness (QED) is 0.167. The van der Waals surface area contributed by atoms with E-state index in [1.54, 1.807) is 12.1 Å². The van der Waals surface area contributed by atoms with Gasteiger partial charge in [0, 0.05) is 0 Å². The number of aliphatic hydroxyl groups excluding tert-OH is 1. The molecule has 0 aromatic carbocycles. The molecule has 1 saturated heterocycles. The van der Waals surface area contributed by atoms with Gasteiger partial charge in [0.1, 0.15) is 35.7 Å². The molecule has 2 aromatic heterocycles. The van der Waals surface area contributed by atoms with Gasteiger partial charge >= 0.3 is 0 Å². The average Bonchev–Trinajstić information content (AvgIpc) is 3.24. The molecule has 0 radical (unpaired) electrons. The molecule has 2 aromatic rings. The van der Waals surface area contributed by atoms with Gasteiger partial charge in [0.2, 0.25) is 5.60 Å². The fourth-order valence-electron chi connectivity index (χ4n) is 3.32. The van der Waals surface area contributed by atoms with Gasteiger partial charge in [-0.3, -0.25) is 13.7 Å². The zero-order chi connectivity index (χ0) is 26.4. The van der Waals surface area contributed by atoms with Crippen LogP contribution in [0.2, 0.25) is 0 Å². The normalized spacial score (nSPS) is 28.4. The Morgan fingerprint density at radius 2 is 1.72 bits per heavy atom. The van der Waals surface area contributed by atoms with Crippen molar-refractivity contribution in [3.05, 3.63) is 18.2 Å². The summed E-state index contributed by atoms with van der Waals surface area (Å²) in [6, 6.07) is 3.48. The molecule has 7 atom stereocenters. The molecule has 3 rings (SSSR count). The van der Waals surface area contributed by atoms with Gasteiger partial charge in [-0.1, -0.05) is 0 Å². The number of nitrogen functional groups attached to an aromatic ring is 1. The Morgan fingerprint density at radius 1 is 1.13 bits per heavy atom. The van der Waals surface area contributed by atoms with Gasteiger partial charge < -0.3 is 64.3 Å². The van der Waals surface area contributed by atoms with Crippen molar-refractivity contribution >= 4 is 34.9 Å². The largest absolute Gasteiger partial charge is 0.756 e. The lowest BCUT2D eigenvalue weighted by atomic mass is 9.71. The van der Waals surface area contributed by atoms with Gasteiger partial charge in [-0.05, 0) is 6.92 Å². The number of hydrogen-bond donors (Lipinski definition) is 7. The summed E-state index contributed by atoms with van der Waals surface area (Å²) < 4.78 is 51.2. The molecule has 222 valence electrons. The van der Waals surface area contributed by atoms with E-state index >= 15 is 0 Å². The fraction of sp³-hybridized carbons (Fsp3) is 0.462. The molecule has 0 aliphatic carbocycles. The van der Waals surface area contributed by atoms with Crippen LogP contribution in [-0.4, -0.2) is 48.4 Å². The first-order valence-electron chi connectivity index (χ1n) is 8.87. The highest BCUT2D eigenvalue weighted by atomic mass is 31.3. The number of ether oxygens (including phenoxy) is 1. The second-order valence-corrected chi connectivity index (χ2v) is 11.3. The number of nitrogens with zero attached hydrogens (tertiary/aromatic N) is 6. The van der Waals surface area contributed by atoms with E-state index in [0.29, 0.717) is 0 Å². The SMILES string of the molecule is C[C@@]1(C#N)[C@H](O)[C@@H](COP(=O)([O-])OP(=O)([O-])OP(=O)([O-])O)O[C@@]1(C#N)c1cnc2c(N)ncnn12.[NH4+].[NH4+].[NH4+].[NH4+]. The third-order valence-corrected chi connectivity index (χ3v) is 8.58. The predicted octanol–water partition coefficient (Wildman–Crippen LogP) is -1.33. The number of fused-ring (bicyclic) bond motifs is 1. The van der Waals surface area contributed by atoms with Crippen molar-refractivity contribution in [1.29, 1.82) is 10.5 Å². The summed E-state index contributed by atoms with van der Waals surface area (Å²) >= 11 is 0. The number of anilines is 1. The van der Waals surface area contributed by atoms with E-state index in [-0.39, 0.29) is 41.8 Å². The molecule has 23 nitrogen and oxygen atoms in total. The van der Waals surface area contributed by atoms with E-state index < -0.39 is 53.3 Å². The van der Waals surface area contributed by atoms with Crippen LogP contribution in [0.15, 0.2) is 12.5 Å². The zero-order valence-corrected chi connectivity index (χ0v) is 23.8. The number of phosphoric ester groups is 1. The summed E-state index contributed by atoms with van der Waals surface area (Å²) in [4.78, 5) is 49.8. The highest BCUT2D eigenvalue weighted by molar-refractivity contribution is 7.65. The van der Waals surface area contributed by atoms with Gasteiger partial charge in [0.25, 0.3) is 23.5 Å². The minimum atomic E-state index is -6.17.